The van der Waals surface area contributed by atoms with Gasteiger partial charge in [0.05, 0.1) is 0 Å². The molecule has 142 valence electrons. The average Bonchev–Trinajstić information content (AvgIpc) is 3.19. The fourth-order valence-electron chi connectivity index (χ4n) is 4.61. The van der Waals surface area contributed by atoms with E-state index < -0.39 is 0 Å². The summed E-state index contributed by atoms with van der Waals surface area (Å²) < 4.78 is 0. The number of piperazine rings is 1. The van der Waals surface area contributed by atoms with Crippen LogP contribution in [0, 0.1) is 0 Å². The molecule has 2 N–H and O–H groups in total. The van der Waals surface area contributed by atoms with E-state index in [1.165, 1.54) is 37.7 Å². The van der Waals surface area contributed by atoms with Crippen molar-refractivity contribution >= 4 is 17.5 Å². The summed E-state index contributed by atoms with van der Waals surface area (Å²) in [4.78, 5) is 17.6. The molecular weight excluding hydrogens is 348 g/mol. The second kappa shape index (κ2) is 8.26. The van der Waals surface area contributed by atoms with Gasteiger partial charge in [0.1, 0.15) is 6.04 Å². The predicted octanol–water partition coefficient (Wildman–Crippen LogP) is 2.72. The number of hydrogen-bond donors (Lipinski definition) is 2. The normalized spacial score (nSPS) is 28.4. The first-order chi connectivity index (χ1) is 12.7. The molecule has 3 aliphatic rings. The number of amides is 1. The first kappa shape index (κ1) is 18.2. The number of benzene rings is 1. The minimum absolute atomic E-state index is 0.142. The summed E-state index contributed by atoms with van der Waals surface area (Å²) in [7, 11) is 0. The Morgan fingerprint density at radius 2 is 1.65 bits per heavy atom. The van der Waals surface area contributed by atoms with Gasteiger partial charge in [0.2, 0.25) is 5.91 Å². The molecular formula is C20H29ClN4O. The highest BCUT2D eigenvalue weighted by Crippen LogP contribution is 2.26. The van der Waals surface area contributed by atoms with E-state index in [0.717, 1.165) is 43.7 Å². The van der Waals surface area contributed by atoms with Crippen molar-refractivity contribution in [2.45, 2.75) is 56.7 Å². The molecule has 5 nitrogen and oxygen atoms in total. The smallest absolute Gasteiger partial charge is 0.241 e. The van der Waals surface area contributed by atoms with Gasteiger partial charge in [-0.1, -0.05) is 43.0 Å². The lowest BCUT2D eigenvalue weighted by Crippen LogP contribution is -2.55. The van der Waals surface area contributed by atoms with E-state index in [-0.39, 0.29) is 18.0 Å². The maximum Gasteiger partial charge on any atom is 0.241 e. The summed E-state index contributed by atoms with van der Waals surface area (Å²) in [5.41, 5.74) is 7.64. The van der Waals surface area contributed by atoms with Gasteiger partial charge in [0.25, 0.3) is 0 Å². The molecule has 0 bridgehead atoms. The number of hydrazine groups is 1. The van der Waals surface area contributed by atoms with Crippen LogP contribution in [0.1, 0.15) is 50.1 Å². The van der Waals surface area contributed by atoms with Crippen LogP contribution in [0.3, 0.4) is 0 Å². The highest BCUT2D eigenvalue weighted by molar-refractivity contribution is 6.30. The Kier molecular flexibility index (Phi) is 5.79. The van der Waals surface area contributed by atoms with E-state index >= 15 is 0 Å². The number of rotatable bonds is 3. The maximum absolute atomic E-state index is 12.9. The van der Waals surface area contributed by atoms with Crippen molar-refractivity contribution < 1.29 is 4.79 Å². The molecule has 6 heteroatoms. The van der Waals surface area contributed by atoms with E-state index in [1.807, 2.05) is 29.2 Å². The van der Waals surface area contributed by atoms with Crippen LogP contribution in [0.4, 0.5) is 0 Å². The summed E-state index contributed by atoms with van der Waals surface area (Å²) in [5, 5.41) is 0.739. The highest BCUT2D eigenvalue weighted by Gasteiger charge is 2.35. The van der Waals surface area contributed by atoms with E-state index in [2.05, 4.69) is 15.8 Å². The van der Waals surface area contributed by atoms with Crippen LogP contribution in [-0.2, 0) is 4.79 Å². The number of hydrogen-bond acceptors (Lipinski definition) is 4. The van der Waals surface area contributed by atoms with E-state index in [4.69, 9.17) is 11.6 Å². The Bertz CT molecular complexity index is 609. The molecule has 1 aromatic rings. The summed E-state index contributed by atoms with van der Waals surface area (Å²) >= 11 is 5.97. The number of nitrogens with zero attached hydrogens (tertiary/aromatic N) is 2. The van der Waals surface area contributed by atoms with Gasteiger partial charge in [-0.05, 0) is 37.0 Å². The lowest BCUT2D eigenvalue weighted by molar-refractivity contribution is -0.135. The Morgan fingerprint density at radius 1 is 0.962 bits per heavy atom. The zero-order chi connectivity index (χ0) is 17.9. The third kappa shape index (κ3) is 4.06. The van der Waals surface area contributed by atoms with Crippen LogP contribution in [0.15, 0.2) is 24.3 Å². The van der Waals surface area contributed by atoms with Crippen molar-refractivity contribution in [1.82, 2.24) is 20.7 Å². The van der Waals surface area contributed by atoms with Gasteiger partial charge >= 0.3 is 0 Å². The quantitative estimate of drug-likeness (QED) is 0.851. The molecule has 1 saturated carbocycles. The molecule has 2 saturated heterocycles. The molecule has 2 atom stereocenters. The minimum atomic E-state index is -0.142. The summed E-state index contributed by atoms with van der Waals surface area (Å²) in [6.07, 6.45) is 7.59. The first-order valence-corrected chi connectivity index (χ1v) is 10.4. The number of carbonyl (C=O) groups excluding carboxylic acids is 1. The van der Waals surface area contributed by atoms with Crippen LogP contribution in [0.2, 0.25) is 5.02 Å². The van der Waals surface area contributed by atoms with Crippen molar-refractivity contribution in [3.63, 3.8) is 0 Å². The van der Waals surface area contributed by atoms with E-state index in [9.17, 15) is 4.79 Å². The average molecular weight is 377 g/mol. The van der Waals surface area contributed by atoms with Gasteiger partial charge in [0.15, 0.2) is 0 Å². The summed E-state index contributed by atoms with van der Waals surface area (Å²) in [5.74, 6) is 0.234. The summed E-state index contributed by atoms with van der Waals surface area (Å²) in [6, 6.07) is 8.62. The molecule has 2 aliphatic heterocycles. The van der Waals surface area contributed by atoms with E-state index in [0.29, 0.717) is 0 Å². The molecule has 1 aromatic carbocycles. The Balaban J connectivity index is 1.28. The van der Waals surface area contributed by atoms with Crippen molar-refractivity contribution in [2.24, 2.45) is 0 Å². The zero-order valence-corrected chi connectivity index (χ0v) is 16.0. The molecule has 3 fully saturated rings. The monoisotopic (exact) mass is 376 g/mol. The van der Waals surface area contributed by atoms with Gasteiger partial charge in [-0.2, -0.15) is 0 Å². The molecule has 26 heavy (non-hydrogen) atoms. The highest BCUT2D eigenvalue weighted by atomic mass is 35.5. The van der Waals surface area contributed by atoms with Crippen molar-refractivity contribution in [1.29, 1.82) is 0 Å². The largest absolute Gasteiger partial charge is 0.339 e. The molecule has 1 amide bonds. The second-order valence-electron chi connectivity index (χ2n) is 7.83. The van der Waals surface area contributed by atoms with E-state index in [1.54, 1.807) is 0 Å². The number of halogens is 1. The third-order valence-corrected chi connectivity index (χ3v) is 6.44. The fraction of sp³-hybridized carbons (Fsp3) is 0.650. The minimum Gasteiger partial charge on any atom is -0.339 e. The Morgan fingerprint density at radius 3 is 2.35 bits per heavy atom. The predicted molar refractivity (Wildman–Crippen MR) is 104 cm³/mol. The van der Waals surface area contributed by atoms with Crippen LogP contribution in [0.25, 0.3) is 0 Å². The topological polar surface area (TPSA) is 47.6 Å². The first-order valence-electron chi connectivity index (χ1n) is 10.00. The van der Waals surface area contributed by atoms with Gasteiger partial charge < -0.3 is 4.90 Å². The van der Waals surface area contributed by atoms with Crippen LogP contribution in [-0.4, -0.2) is 54.0 Å². The molecule has 2 unspecified atom stereocenters. The van der Waals surface area contributed by atoms with Gasteiger partial charge in [-0.3, -0.25) is 9.69 Å². The zero-order valence-electron chi connectivity index (χ0n) is 15.3. The van der Waals surface area contributed by atoms with Crippen molar-refractivity contribution in [3.05, 3.63) is 34.9 Å². The third-order valence-electron chi connectivity index (χ3n) is 6.19. The van der Waals surface area contributed by atoms with Crippen molar-refractivity contribution in [2.75, 3.05) is 26.2 Å². The van der Waals surface area contributed by atoms with Gasteiger partial charge in [-0.25, -0.2) is 10.9 Å². The fourth-order valence-corrected chi connectivity index (χ4v) is 4.73. The molecule has 0 radical (unpaired) electrons. The van der Waals surface area contributed by atoms with Crippen LogP contribution in [0.5, 0.6) is 0 Å². The molecule has 4 rings (SSSR count). The number of carbonyl (C=O) groups is 1. The molecule has 1 aliphatic carbocycles. The Labute approximate surface area is 161 Å². The van der Waals surface area contributed by atoms with Crippen molar-refractivity contribution in [3.8, 4) is 0 Å². The Hall–Kier alpha value is -1.14. The SMILES string of the molecule is O=C(C1CC(c2ccc(Cl)cc2)NN1)N1CCN(C2CCCCC2)CC1. The molecule has 0 aromatic heterocycles. The van der Waals surface area contributed by atoms with Gasteiger partial charge in [-0.15, -0.1) is 0 Å². The lowest BCUT2D eigenvalue weighted by atomic mass is 9.94. The number of nitrogens with one attached hydrogen (secondary N) is 2. The van der Waals surface area contributed by atoms with Crippen LogP contribution >= 0.6 is 11.6 Å². The van der Waals surface area contributed by atoms with Gasteiger partial charge in [0, 0.05) is 43.3 Å². The second-order valence-corrected chi connectivity index (χ2v) is 8.27. The lowest BCUT2D eigenvalue weighted by Gasteiger charge is -2.41. The van der Waals surface area contributed by atoms with Crippen LogP contribution < -0.4 is 10.9 Å². The molecule has 2 heterocycles. The standard InChI is InChI=1S/C20H29ClN4O/c21-16-8-6-15(7-9-16)18-14-19(23-22-18)20(26)25-12-10-24(11-13-25)17-4-2-1-3-5-17/h6-9,17-19,22-23H,1-5,10-14H2. The maximum atomic E-state index is 12.9. The molecule has 0 spiro atoms. The summed E-state index contributed by atoms with van der Waals surface area (Å²) in [6.45, 7) is 3.77.